The Balaban J connectivity index is 2.09. The second-order valence-electron chi connectivity index (χ2n) is 5.39. The first-order valence-electron chi connectivity index (χ1n) is 6.91. The maximum Gasteiger partial charge on any atom is 0.228 e. The normalized spacial score (nSPS) is 19.2. The van der Waals surface area contributed by atoms with Crippen LogP contribution in [0, 0.1) is 12.8 Å². The molecule has 0 radical (unpaired) electrons. The molecule has 1 aromatic rings. The van der Waals surface area contributed by atoms with Gasteiger partial charge in [-0.1, -0.05) is 15.9 Å². The fraction of sp³-hybridized carbons (Fsp3) is 0.714. The number of alkyl halides is 1. The van der Waals surface area contributed by atoms with Gasteiger partial charge in [-0.15, -0.1) is 0 Å². The second kappa shape index (κ2) is 6.55. The number of nitrogens with zero attached hydrogens (tertiary/aromatic N) is 3. The number of aromatic nitrogens is 2. The molecular formula is C14H22BrN3O. The molecule has 1 aromatic heterocycles. The van der Waals surface area contributed by atoms with Gasteiger partial charge in [-0.25, -0.2) is 4.98 Å². The molecule has 0 aliphatic carbocycles. The minimum absolute atomic E-state index is 0.141. The van der Waals surface area contributed by atoms with Crippen LogP contribution in [0.3, 0.4) is 0 Å². The molecule has 1 atom stereocenters. The Morgan fingerprint density at radius 3 is 2.95 bits per heavy atom. The summed E-state index contributed by atoms with van der Waals surface area (Å²) in [4.78, 5) is 11.3. The minimum atomic E-state index is 0.141. The zero-order valence-corrected chi connectivity index (χ0v) is 13.5. The fourth-order valence-corrected chi connectivity index (χ4v) is 3.02. The summed E-state index contributed by atoms with van der Waals surface area (Å²) in [5.41, 5.74) is 0.963. The van der Waals surface area contributed by atoms with Crippen molar-refractivity contribution in [3.05, 3.63) is 11.8 Å². The van der Waals surface area contributed by atoms with Gasteiger partial charge in [0.2, 0.25) is 11.8 Å². The molecule has 1 aliphatic heterocycles. The van der Waals surface area contributed by atoms with Crippen LogP contribution >= 0.6 is 15.9 Å². The van der Waals surface area contributed by atoms with Crippen molar-refractivity contribution >= 4 is 21.9 Å². The first-order valence-corrected chi connectivity index (χ1v) is 8.04. The largest absolute Gasteiger partial charge is 0.475 e. The smallest absolute Gasteiger partial charge is 0.228 e. The first-order chi connectivity index (χ1) is 9.08. The van der Waals surface area contributed by atoms with E-state index >= 15 is 0 Å². The number of hydrogen-bond acceptors (Lipinski definition) is 4. The lowest BCUT2D eigenvalue weighted by Crippen LogP contribution is -2.23. The van der Waals surface area contributed by atoms with Crippen LogP contribution in [-0.2, 0) is 0 Å². The molecule has 0 N–H and O–H groups in total. The topological polar surface area (TPSA) is 38.2 Å². The average molecular weight is 328 g/mol. The Kier molecular flexibility index (Phi) is 5.02. The lowest BCUT2D eigenvalue weighted by Gasteiger charge is -2.18. The van der Waals surface area contributed by atoms with Gasteiger partial charge in [-0.05, 0) is 39.5 Å². The Labute approximate surface area is 123 Å². The molecule has 106 valence electrons. The zero-order chi connectivity index (χ0) is 13.8. The molecule has 1 aliphatic rings. The summed E-state index contributed by atoms with van der Waals surface area (Å²) in [6.07, 6.45) is 2.59. The molecular weight excluding hydrogens is 306 g/mol. The van der Waals surface area contributed by atoms with E-state index < -0.39 is 0 Å². The summed E-state index contributed by atoms with van der Waals surface area (Å²) >= 11 is 3.52. The van der Waals surface area contributed by atoms with E-state index in [1.165, 1.54) is 12.8 Å². The monoisotopic (exact) mass is 327 g/mol. The minimum Gasteiger partial charge on any atom is -0.475 e. The van der Waals surface area contributed by atoms with E-state index in [-0.39, 0.29) is 6.10 Å². The highest BCUT2D eigenvalue weighted by Gasteiger charge is 2.24. The summed E-state index contributed by atoms with van der Waals surface area (Å²) in [6, 6.07) is 1.90. The molecule has 0 spiro atoms. The summed E-state index contributed by atoms with van der Waals surface area (Å²) < 4.78 is 5.68. The Hall–Kier alpha value is -0.840. The van der Waals surface area contributed by atoms with E-state index in [2.05, 4.69) is 30.8 Å². The molecule has 1 unspecified atom stereocenters. The molecule has 19 heavy (non-hydrogen) atoms. The molecule has 1 saturated heterocycles. The van der Waals surface area contributed by atoms with Crippen LogP contribution in [0.2, 0.25) is 0 Å². The van der Waals surface area contributed by atoms with Crippen LogP contribution in [0.25, 0.3) is 0 Å². The van der Waals surface area contributed by atoms with Crippen molar-refractivity contribution < 1.29 is 4.74 Å². The Bertz CT molecular complexity index is 425. The van der Waals surface area contributed by atoms with Crippen LogP contribution in [0.5, 0.6) is 5.88 Å². The number of ether oxygens (including phenoxy) is 1. The standard InChI is InChI=1S/C14H22BrN3O/c1-10(2)19-13-8-11(3)16-14(17-13)18-7-5-12(9-18)4-6-15/h8,10,12H,4-7,9H2,1-3H3. The second-order valence-corrected chi connectivity index (χ2v) is 6.19. The number of anilines is 1. The Morgan fingerprint density at radius 1 is 1.47 bits per heavy atom. The molecule has 2 heterocycles. The van der Waals surface area contributed by atoms with Gasteiger partial charge in [0.1, 0.15) is 0 Å². The van der Waals surface area contributed by atoms with E-state index in [1.54, 1.807) is 0 Å². The maximum absolute atomic E-state index is 5.68. The molecule has 5 heteroatoms. The van der Waals surface area contributed by atoms with Gasteiger partial charge in [-0.2, -0.15) is 4.98 Å². The third-order valence-electron chi connectivity index (χ3n) is 3.26. The molecule has 2 rings (SSSR count). The van der Waals surface area contributed by atoms with Gasteiger partial charge in [-0.3, -0.25) is 0 Å². The number of halogens is 1. The van der Waals surface area contributed by atoms with Gasteiger partial charge >= 0.3 is 0 Å². The highest BCUT2D eigenvalue weighted by atomic mass is 79.9. The molecule has 1 fully saturated rings. The third kappa shape index (κ3) is 4.06. The van der Waals surface area contributed by atoms with Crippen LogP contribution < -0.4 is 9.64 Å². The van der Waals surface area contributed by atoms with Crippen LogP contribution in [-0.4, -0.2) is 34.5 Å². The van der Waals surface area contributed by atoms with E-state index in [0.717, 1.165) is 36.0 Å². The van der Waals surface area contributed by atoms with Gasteiger partial charge in [0.25, 0.3) is 0 Å². The molecule has 0 saturated carbocycles. The lowest BCUT2D eigenvalue weighted by molar-refractivity contribution is 0.232. The lowest BCUT2D eigenvalue weighted by atomic mass is 10.1. The van der Waals surface area contributed by atoms with Crippen molar-refractivity contribution in [2.75, 3.05) is 23.3 Å². The van der Waals surface area contributed by atoms with Crippen molar-refractivity contribution in [2.24, 2.45) is 5.92 Å². The summed E-state index contributed by atoms with van der Waals surface area (Å²) in [6.45, 7) is 8.11. The molecule has 0 amide bonds. The van der Waals surface area contributed by atoms with E-state index in [1.807, 2.05) is 26.8 Å². The third-order valence-corrected chi connectivity index (χ3v) is 3.72. The van der Waals surface area contributed by atoms with Gasteiger partial charge in [0.15, 0.2) is 0 Å². The summed E-state index contributed by atoms with van der Waals surface area (Å²) in [5, 5.41) is 1.07. The van der Waals surface area contributed by atoms with E-state index in [9.17, 15) is 0 Å². The highest BCUT2D eigenvalue weighted by molar-refractivity contribution is 9.09. The van der Waals surface area contributed by atoms with Gasteiger partial charge in [0, 0.05) is 30.2 Å². The number of aryl methyl sites for hydroxylation is 1. The zero-order valence-electron chi connectivity index (χ0n) is 11.9. The Morgan fingerprint density at radius 2 is 2.26 bits per heavy atom. The molecule has 0 bridgehead atoms. The van der Waals surface area contributed by atoms with Crippen molar-refractivity contribution in [1.29, 1.82) is 0 Å². The van der Waals surface area contributed by atoms with Crippen molar-refractivity contribution in [1.82, 2.24) is 9.97 Å². The van der Waals surface area contributed by atoms with Crippen molar-refractivity contribution in [3.8, 4) is 5.88 Å². The van der Waals surface area contributed by atoms with Crippen LogP contribution in [0.4, 0.5) is 5.95 Å². The predicted octanol–water partition coefficient (Wildman–Crippen LogP) is 3.18. The summed E-state index contributed by atoms with van der Waals surface area (Å²) in [5.74, 6) is 2.24. The van der Waals surface area contributed by atoms with E-state index in [0.29, 0.717) is 5.88 Å². The maximum atomic E-state index is 5.68. The van der Waals surface area contributed by atoms with Gasteiger partial charge in [0.05, 0.1) is 6.10 Å². The van der Waals surface area contributed by atoms with Gasteiger partial charge < -0.3 is 9.64 Å². The van der Waals surface area contributed by atoms with Crippen molar-refractivity contribution in [3.63, 3.8) is 0 Å². The first kappa shape index (κ1) is 14.6. The SMILES string of the molecule is Cc1cc(OC(C)C)nc(N2CCC(CCBr)C2)n1. The quantitative estimate of drug-likeness (QED) is 0.778. The molecule has 0 aromatic carbocycles. The fourth-order valence-electron chi connectivity index (χ4n) is 2.37. The molecule has 4 nitrogen and oxygen atoms in total. The van der Waals surface area contributed by atoms with Crippen molar-refractivity contribution in [2.45, 2.75) is 39.7 Å². The highest BCUT2D eigenvalue weighted by Crippen LogP contribution is 2.25. The number of hydrogen-bond donors (Lipinski definition) is 0. The van der Waals surface area contributed by atoms with E-state index in [4.69, 9.17) is 4.74 Å². The average Bonchev–Trinajstić information content (AvgIpc) is 2.76. The summed E-state index contributed by atoms with van der Waals surface area (Å²) in [7, 11) is 0. The number of rotatable bonds is 5. The van der Waals surface area contributed by atoms with Crippen LogP contribution in [0.15, 0.2) is 6.07 Å². The van der Waals surface area contributed by atoms with Crippen LogP contribution in [0.1, 0.15) is 32.4 Å². The predicted molar refractivity (Wildman–Crippen MR) is 81.3 cm³/mol.